The number of halogens is 1. The molecule has 0 aliphatic heterocycles. The lowest BCUT2D eigenvalue weighted by atomic mass is 10.2. The van der Waals surface area contributed by atoms with Gasteiger partial charge in [0.25, 0.3) is 0 Å². The molecule has 0 spiro atoms. The summed E-state index contributed by atoms with van der Waals surface area (Å²) in [4.78, 5) is 4.35. The van der Waals surface area contributed by atoms with Crippen molar-refractivity contribution in [2.75, 3.05) is 12.4 Å². The van der Waals surface area contributed by atoms with Crippen molar-refractivity contribution in [2.24, 2.45) is 0 Å². The van der Waals surface area contributed by atoms with E-state index in [2.05, 4.69) is 26.2 Å². The Balaban J connectivity index is 2.12. The summed E-state index contributed by atoms with van der Waals surface area (Å²) in [6.07, 6.45) is 0. The molecule has 1 aromatic carbocycles. The van der Waals surface area contributed by atoms with Gasteiger partial charge >= 0.3 is 0 Å². The van der Waals surface area contributed by atoms with Crippen LogP contribution in [0.2, 0.25) is 0 Å². The number of benzene rings is 1. The van der Waals surface area contributed by atoms with Gasteiger partial charge in [0.2, 0.25) is 5.89 Å². The Kier molecular flexibility index (Phi) is 4.61. The van der Waals surface area contributed by atoms with Crippen LogP contribution in [0, 0.1) is 13.8 Å². The van der Waals surface area contributed by atoms with Crippen LogP contribution in [0.5, 0.6) is 0 Å². The van der Waals surface area contributed by atoms with E-state index in [1.165, 1.54) is 0 Å². The first-order valence-corrected chi connectivity index (χ1v) is 6.84. The van der Waals surface area contributed by atoms with Crippen LogP contribution in [-0.4, -0.2) is 12.1 Å². The second-order valence-corrected chi connectivity index (χ2v) is 5.16. The van der Waals surface area contributed by atoms with E-state index in [4.69, 9.17) is 9.15 Å². The fourth-order valence-corrected chi connectivity index (χ4v) is 2.28. The van der Waals surface area contributed by atoms with Gasteiger partial charge in [-0.2, -0.15) is 0 Å². The summed E-state index contributed by atoms with van der Waals surface area (Å²) in [5, 5.41) is 3.33. The molecule has 1 heterocycles. The van der Waals surface area contributed by atoms with Gasteiger partial charge in [0.05, 0.1) is 18.8 Å². The molecule has 0 amide bonds. The van der Waals surface area contributed by atoms with E-state index >= 15 is 0 Å². The third kappa shape index (κ3) is 3.36. The standard InChI is InChI=1S/C14H17BrN2O2/c1-9-10(2)19-14(17-9)7-16-13-6-4-5-12(15)11(13)8-18-3/h4-6,16H,7-8H2,1-3H3. The molecule has 5 heteroatoms. The molecule has 0 atom stereocenters. The lowest BCUT2D eigenvalue weighted by Gasteiger charge is -2.12. The average Bonchev–Trinajstić information content (AvgIpc) is 2.70. The smallest absolute Gasteiger partial charge is 0.213 e. The molecule has 102 valence electrons. The molecule has 19 heavy (non-hydrogen) atoms. The zero-order valence-electron chi connectivity index (χ0n) is 11.3. The molecule has 4 nitrogen and oxygen atoms in total. The highest BCUT2D eigenvalue weighted by molar-refractivity contribution is 9.10. The highest BCUT2D eigenvalue weighted by atomic mass is 79.9. The SMILES string of the molecule is COCc1c(Br)cccc1NCc1nc(C)c(C)o1. The average molecular weight is 325 g/mol. The van der Waals surface area contributed by atoms with Crippen molar-refractivity contribution in [3.8, 4) is 0 Å². The molecule has 0 aliphatic carbocycles. The van der Waals surface area contributed by atoms with Gasteiger partial charge in [-0.15, -0.1) is 0 Å². The van der Waals surface area contributed by atoms with Gasteiger partial charge in [-0.3, -0.25) is 0 Å². The minimum absolute atomic E-state index is 0.549. The van der Waals surface area contributed by atoms with Gasteiger partial charge < -0.3 is 14.5 Å². The lowest BCUT2D eigenvalue weighted by molar-refractivity contribution is 0.185. The maximum absolute atomic E-state index is 5.55. The minimum Gasteiger partial charge on any atom is -0.444 e. The molecule has 0 saturated carbocycles. The number of methoxy groups -OCH3 is 1. The number of anilines is 1. The number of nitrogens with zero attached hydrogens (tertiary/aromatic N) is 1. The molecular formula is C14H17BrN2O2. The van der Waals surface area contributed by atoms with Crippen LogP contribution in [0.25, 0.3) is 0 Å². The third-order valence-electron chi connectivity index (χ3n) is 2.91. The maximum atomic E-state index is 5.55. The van der Waals surface area contributed by atoms with E-state index in [0.717, 1.165) is 27.2 Å². The van der Waals surface area contributed by atoms with Gasteiger partial charge in [0.1, 0.15) is 5.76 Å². The van der Waals surface area contributed by atoms with Gasteiger partial charge in [0.15, 0.2) is 0 Å². The Labute approximate surface area is 121 Å². The van der Waals surface area contributed by atoms with E-state index in [9.17, 15) is 0 Å². The number of nitrogens with one attached hydrogen (secondary N) is 1. The Morgan fingerprint density at radius 3 is 2.79 bits per heavy atom. The highest BCUT2D eigenvalue weighted by Gasteiger charge is 2.09. The van der Waals surface area contributed by atoms with Gasteiger partial charge in [-0.05, 0) is 26.0 Å². The zero-order valence-corrected chi connectivity index (χ0v) is 12.9. The normalized spacial score (nSPS) is 10.7. The van der Waals surface area contributed by atoms with Gasteiger partial charge in [0, 0.05) is 22.8 Å². The fraction of sp³-hybridized carbons (Fsp3) is 0.357. The number of oxazole rings is 1. The second-order valence-electron chi connectivity index (χ2n) is 4.30. The van der Waals surface area contributed by atoms with Gasteiger partial charge in [-0.1, -0.05) is 22.0 Å². The molecule has 2 rings (SSSR count). The van der Waals surface area contributed by atoms with Crippen LogP contribution in [0.3, 0.4) is 0 Å². The summed E-state index contributed by atoms with van der Waals surface area (Å²) >= 11 is 3.53. The van der Waals surface area contributed by atoms with Crippen molar-refractivity contribution in [2.45, 2.75) is 27.0 Å². The van der Waals surface area contributed by atoms with E-state index in [-0.39, 0.29) is 0 Å². The van der Waals surface area contributed by atoms with Crippen molar-refractivity contribution < 1.29 is 9.15 Å². The first-order valence-electron chi connectivity index (χ1n) is 6.05. The minimum atomic E-state index is 0.549. The predicted octanol–water partition coefficient (Wildman–Crippen LogP) is 3.81. The molecule has 0 fully saturated rings. The van der Waals surface area contributed by atoms with Crippen molar-refractivity contribution in [1.29, 1.82) is 0 Å². The summed E-state index contributed by atoms with van der Waals surface area (Å²) < 4.78 is 11.8. The summed E-state index contributed by atoms with van der Waals surface area (Å²) in [5.74, 6) is 1.56. The number of aryl methyl sites for hydroxylation is 2. The number of hydrogen-bond donors (Lipinski definition) is 1. The molecular weight excluding hydrogens is 308 g/mol. The maximum Gasteiger partial charge on any atom is 0.213 e. The van der Waals surface area contributed by atoms with E-state index in [1.54, 1.807) is 7.11 Å². The predicted molar refractivity (Wildman–Crippen MR) is 78.2 cm³/mol. The van der Waals surface area contributed by atoms with E-state index < -0.39 is 0 Å². The molecule has 0 aliphatic rings. The van der Waals surface area contributed by atoms with Crippen molar-refractivity contribution >= 4 is 21.6 Å². The Bertz CT molecular complexity index is 547. The number of aromatic nitrogens is 1. The highest BCUT2D eigenvalue weighted by Crippen LogP contribution is 2.26. The monoisotopic (exact) mass is 324 g/mol. The van der Waals surface area contributed by atoms with Crippen LogP contribution < -0.4 is 5.32 Å². The Morgan fingerprint density at radius 1 is 1.37 bits per heavy atom. The topological polar surface area (TPSA) is 47.3 Å². The molecule has 0 unspecified atom stereocenters. The third-order valence-corrected chi connectivity index (χ3v) is 3.65. The lowest BCUT2D eigenvalue weighted by Crippen LogP contribution is -2.04. The summed E-state index contributed by atoms with van der Waals surface area (Å²) in [6.45, 7) is 4.97. The Morgan fingerprint density at radius 2 is 2.16 bits per heavy atom. The number of ether oxygens (including phenoxy) is 1. The van der Waals surface area contributed by atoms with Crippen molar-refractivity contribution in [3.05, 3.63) is 45.6 Å². The first kappa shape index (κ1) is 14.1. The second kappa shape index (κ2) is 6.21. The van der Waals surface area contributed by atoms with Crippen molar-refractivity contribution in [1.82, 2.24) is 4.98 Å². The summed E-state index contributed by atoms with van der Waals surface area (Å²) in [5.41, 5.74) is 3.04. The quantitative estimate of drug-likeness (QED) is 0.908. The van der Waals surface area contributed by atoms with Crippen LogP contribution in [0.4, 0.5) is 5.69 Å². The zero-order chi connectivity index (χ0) is 13.8. The number of rotatable bonds is 5. The molecule has 2 aromatic rings. The van der Waals surface area contributed by atoms with Crippen LogP contribution in [-0.2, 0) is 17.9 Å². The number of hydrogen-bond acceptors (Lipinski definition) is 4. The molecule has 0 bridgehead atoms. The summed E-state index contributed by atoms with van der Waals surface area (Å²) in [7, 11) is 1.68. The summed E-state index contributed by atoms with van der Waals surface area (Å²) in [6, 6.07) is 6.00. The van der Waals surface area contributed by atoms with Crippen LogP contribution in [0.1, 0.15) is 22.9 Å². The molecule has 1 N–H and O–H groups in total. The molecule has 1 aromatic heterocycles. The van der Waals surface area contributed by atoms with E-state index in [1.807, 2.05) is 32.0 Å². The van der Waals surface area contributed by atoms with Crippen LogP contribution >= 0.6 is 15.9 Å². The van der Waals surface area contributed by atoms with Gasteiger partial charge in [-0.25, -0.2) is 4.98 Å². The Hall–Kier alpha value is -1.33. The van der Waals surface area contributed by atoms with Crippen LogP contribution in [0.15, 0.2) is 27.1 Å². The van der Waals surface area contributed by atoms with E-state index in [0.29, 0.717) is 19.0 Å². The largest absolute Gasteiger partial charge is 0.444 e. The molecule has 0 saturated heterocycles. The first-order chi connectivity index (χ1) is 9.11. The fourth-order valence-electron chi connectivity index (χ4n) is 1.80. The molecule has 0 radical (unpaired) electrons. The van der Waals surface area contributed by atoms with Crippen molar-refractivity contribution in [3.63, 3.8) is 0 Å².